The topological polar surface area (TPSA) is 69.4 Å². The average molecular weight is 247 g/mol. The number of rotatable bonds is 3. The van der Waals surface area contributed by atoms with E-state index in [1.54, 1.807) is 24.3 Å². The van der Waals surface area contributed by atoms with Crippen LogP contribution in [0.1, 0.15) is 32.1 Å². The van der Waals surface area contributed by atoms with Crippen molar-refractivity contribution < 1.29 is 14.3 Å². The number of para-hydroxylation sites is 1. The molecule has 1 saturated carbocycles. The van der Waals surface area contributed by atoms with Crippen LogP contribution in [-0.2, 0) is 9.59 Å². The van der Waals surface area contributed by atoms with E-state index in [1.807, 2.05) is 6.07 Å². The number of amides is 1. The van der Waals surface area contributed by atoms with Gasteiger partial charge in [0.05, 0.1) is 0 Å². The summed E-state index contributed by atoms with van der Waals surface area (Å²) in [6.45, 7) is 0. The number of carbonyl (C=O) groups excluding carboxylic acids is 2. The van der Waals surface area contributed by atoms with Crippen LogP contribution in [-0.4, -0.2) is 11.9 Å². The van der Waals surface area contributed by atoms with Crippen molar-refractivity contribution >= 4 is 11.9 Å². The first-order valence-electron chi connectivity index (χ1n) is 6.22. The Kier molecular flexibility index (Phi) is 3.65. The molecule has 2 rings (SSSR count). The maximum absolute atomic E-state index is 12.2. The molecule has 0 heterocycles. The number of hydrogen-bond acceptors (Lipinski definition) is 3. The van der Waals surface area contributed by atoms with E-state index in [0.717, 1.165) is 19.3 Å². The molecule has 1 aromatic rings. The summed E-state index contributed by atoms with van der Waals surface area (Å²) < 4.78 is 5.28. The molecule has 1 aromatic carbocycles. The van der Waals surface area contributed by atoms with Crippen molar-refractivity contribution in [1.82, 2.24) is 0 Å². The molecule has 1 aliphatic carbocycles. The van der Waals surface area contributed by atoms with Crippen LogP contribution in [0.2, 0.25) is 0 Å². The van der Waals surface area contributed by atoms with Crippen LogP contribution in [0.3, 0.4) is 0 Å². The zero-order chi connectivity index (χ0) is 13.0. The second kappa shape index (κ2) is 5.21. The van der Waals surface area contributed by atoms with Crippen LogP contribution in [0.15, 0.2) is 30.3 Å². The van der Waals surface area contributed by atoms with Crippen LogP contribution in [0, 0.1) is 5.41 Å². The van der Waals surface area contributed by atoms with Gasteiger partial charge < -0.3 is 10.5 Å². The molecule has 0 aliphatic heterocycles. The van der Waals surface area contributed by atoms with Crippen molar-refractivity contribution in [1.29, 1.82) is 0 Å². The van der Waals surface area contributed by atoms with Crippen molar-refractivity contribution in [3.8, 4) is 5.75 Å². The summed E-state index contributed by atoms with van der Waals surface area (Å²) in [5, 5.41) is 0. The Labute approximate surface area is 106 Å². The van der Waals surface area contributed by atoms with Crippen molar-refractivity contribution in [2.75, 3.05) is 0 Å². The third-order valence-corrected chi connectivity index (χ3v) is 3.52. The maximum atomic E-state index is 12.2. The lowest BCUT2D eigenvalue weighted by atomic mass is 9.73. The molecular formula is C14H17NO3. The highest BCUT2D eigenvalue weighted by Gasteiger charge is 2.46. The predicted octanol–water partition coefficient (Wildman–Crippen LogP) is 2.03. The van der Waals surface area contributed by atoms with E-state index < -0.39 is 17.3 Å². The minimum Gasteiger partial charge on any atom is -0.426 e. The Bertz CT molecular complexity index is 436. The third-order valence-electron chi connectivity index (χ3n) is 3.52. The van der Waals surface area contributed by atoms with Gasteiger partial charge in [-0.1, -0.05) is 37.5 Å². The van der Waals surface area contributed by atoms with Crippen molar-refractivity contribution in [3.63, 3.8) is 0 Å². The van der Waals surface area contributed by atoms with Gasteiger partial charge in [0.2, 0.25) is 5.91 Å². The summed E-state index contributed by atoms with van der Waals surface area (Å²) in [5.74, 6) is -0.627. The number of benzene rings is 1. The van der Waals surface area contributed by atoms with Crippen molar-refractivity contribution in [3.05, 3.63) is 30.3 Å². The second-order valence-corrected chi connectivity index (χ2v) is 4.71. The number of nitrogens with two attached hydrogens (primary N) is 1. The van der Waals surface area contributed by atoms with Crippen LogP contribution in [0.4, 0.5) is 0 Å². The molecule has 0 aromatic heterocycles. The zero-order valence-corrected chi connectivity index (χ0v) is 10.2. The highest BCUT2D eigenvalue weighted by atomic mass is 16.5. The fourth-order valence-electron chi connectivity index (χ4n) is 2.40. The lowest BCUT2D eigenvalue weighted by molar-refractivity contribution is -0.154. The number of esters is 1. The van der Waals surface area contributed by atoms with Gasteiger partial charge in [-0.05, 0) is 25.0 Å². The highest BCUT2D eigenvalue weighted by Crippen LogP contribution is 2.37. The van der Waals surface area contributed by atoms with Gasteiger partial charge in [-0.3, -0.25) is 9.59 Å². The maximum Gasteiger partial charge on any atom is 0.327 e. The normalized spacial score (nSPS) is 18.0. The highest BCUT2D eigenvalue weighted by molar-refractivity contribution is 6.02. The summed E-state index contributed by atoms with van der Waals surface area (Å²) in [5.41, 5.74) is 4.29. The molecule has 0 spiro atoms. The molecule has 0 atom stereocenters. The number of primary amides is 1. The van der Waals surface area contributed by atoms with E-state index in [2.05, 4.69) is 0 Å². The molecule has 1 fully saturated rings. The van der Waals surface area contributed by atoms with E-state index in [9.17, 15) is 9.59 Å². The molecule has 1 aliphatic rings. The first kappa shape index (κ1) is 12.6. The molecule has 4 nitrogen and oxygen atoms in total. The third kappa shape index (κ3) is 2.37. The fourth-order valence-corrected chi connectivity index (χ4v) is 2.40. The minimum atomic E-state index is -1.13. The van der Waals surface area contributed by atoms with Crippen LogP contribution < -0.4 is 10.5 Å². The van der Waals surface area contributed by atoms with Gasteiger partial charge in [0.25, 0.3) is 0 Å². The van der Waals surface area contributed by atoms with E-state index in [1.165, 1.54) is 0 Å². The van der Waals surface area contributed by atoms with Crippen molar-refractivity contribution in [2.45, 2.75) is 32.1 Å². The summed E-state index contributed by atoms with van der Waals surface area (Å²) >= 11 is 0. The molecule has 2 N–H and O–H groups in total. The lowest BCUT2D eigenvalue weighted by Crippen LogP contribution is -2.47. The second-order valence-electron chi connectivity index (χ2n) is 4.71. The van der Waals surface area contributed by atoms with E-state index in [-0.39, 0.29) is 0 Å². The number of hydrogen-bond donors (Lipinski definition) is 1. The smallest absolute Gasteiger partial charge is 0.327 e. The average Bonchev–Trinajstić information content (AvgIpc) is 2.40. The van der Waals surface area contributed by atoms with Crippen LogP contribution in [0.25, 0.3) is 0 Å². The van der Waals surface area contributed by atoms with E-state index in [0.29, 0.717) is 18.6 Å². The first-order chi connectivity index (χ1) is 8.65. The summed E-state index contributed by atoms with van der Waals surface area (Å²) in [6.07, 6.45) is 3.70. The summed E-state index contributed by atoms with van der Waals surface area (Å²) in [4.78, 5) is 23.8. The predicted molar refractivity (Wildman–Crippen MR) is 66.8 cm³/mol. The van der Waals surface area contributed by atoms with E-state index in [4.69, 9.17) is 10.5 Å². The molecule has 0 unspecified atom stereocenters. The van der Waals surface area contributed by atoms with Crippen molar-refractivity contribution in [2.24, 2.45) is 11.1 Å². The Morgan fingerprint density at radius 1 is 1.06 bits per heavy atom. The van der Waals surface area contributed by atoms with E-state index >= 15 is 0 Å². The SMILES string of the molecule is NC(=O)C1(C(=O)Oc2ccccc2)CCCCC1. The lowest BCUT2D eigenvalue weighted by Gasteiger charge is -2.31. The molecule has 18 heavy (non-hydrogen) atoms. The number of ether oxygens (including phenoxy) is 1. The largest absolute Gasteiger partial charge is 0.426 e. The molecular weight excluding hydrogens is 230 g/mol. The Morgan fingerprint density at radius 2 is 1.67 bits per heavy atom. The minimum absolute atomic E-state index is 0.452. The molecule has 0 bridgehead atoms. The van der Waals surface area contributed by atoms with Gasteiger partial charge in [-0.25, -0.2) is 0 Å². The zero-order valence-electron chi connectivity index (χ0n) is 10.2. The Balaban J connectivity index is 2.16. The molecule has 1 amide bonds. The quantitative estimate of drug-likeness (QED) is 0.504. The molecule has 0 radical (unpaired) electrons. The van der Waals surface area contributed by atoms with Crippen LogP contribution in [0.5, 0.6) is 5.75 Å². The Morgan fingerprint density at radius 3 is 2.22 bits per heavy atom. The Hall–Kier alpha value is -1.84. The summed E-state index contributed by atoms with van der Waals surface area (Å²) in [6, 6.07) is 8.77. The van der Waals surface area contributed by atoms with Gasteiger partial charge in [-0.2, -0.15) is 0 Å². The number of carbonyl (C=O) groups is 2. The van der Waals surface area contributed by atoms with Gasteiger partial charge in [0.1, 0.15) is 11.2 Å². The standard InChI is InChI=1S/C14H17NO3/c15-12(16)14(9-5-2-6-10-14)13(17)18-11-7-3-1-4-8-11/h1,3-4,7-8H,2,5-6,9-10H2,(H2,15,16). The monoisotopic (exact) mass is 247 g/mol. The summed E-state index contributed by atoms with van der Waals surface area (Å²) in [7, 11) is 0. The van der Waals surface area contributed by atoms with Gasteiger partial charge >= 0.3 is 5.97 Å². The van der Waals surface area contributed by atoms with Gasteiger partial charge in [0, 0.05) is 0 Å². The van der Waals surface area contributed by atoms with Crippen LogP contribution >= 0.6 is 0 Å². The molecule has 0 saturated heterocycles. The van der Waals surface area contributed by atoms with Gasteiger partial charge in [-0.15, -0.1) is 0 Å². The molecule has 4 heteroatoms. The van der Waals surface area contributed by atoms with Gasteiger partial charge in [0.15, 0.2) is 0 Å². The fraction of sp³-hybridized carbons (Fsp3) is 0.429. The molecule has 96 valence electrons. The first-order valence-corrected chi connectivity index (χ1v) is 6.22.